The van der Waals surface area contributed by atoms with Gasteiger partial charge in [0.1, 0.15) is 12.4 Å². The van der Waals surface area contributed by atoms with Gasteiger partial charge in [0.15, 0.2) is 11.8 Å². The first-order valence-electron chi connectivity index (χ1n) is 8.08. The summed E-state index contributed by atoms with van der Waals surface area (Å²) in [6.07, 6.45) is 7.03. The fraction of sp³-hybridized carbons (Fsp3) is 0.688. The van der Waals surface area contributed by atoms with E-state index >= 15 is 0 Å². The Hall–Kier alpha value is -1.12. The molecule has 2 N–H and O–H groups in total. The number of nitrogens with zero attached hydrogens (tertiary/aromatic N) is 4. The fourth-order valence-electron chi connectivity index (χ4n) is 2.68. The van der Waals surface area contributed by atoms with Gasteiger partial charge in [-0.2, -0.15) is 0 Å². The molecule has 0 aromatic carbocycles. The van der Waals surface area contributed by atoms with Gasteiger partial charge in [0.25, 0.3) is 0 Å². The fourth-order valence-corrected chi connectivity index (χ4v) is 2.68. The Balaban J connectivity index is 0.00000264. The summed E-state index contributed by atoms with van der Waals surface area (Å²) >= 11 is 0. The Labute approximate surface area is 156 Å². The molecule has 1 heterocycles. The number of halogens is 1. The van der Waals surface area contributed by atoms with Gasteiger partial charge in [0.2, 0.25) is 0 Å². The molecule has 2 rings (SSSR count). The summed E-state index contributed by atoms with van der Waals surface area (Å²) in [5.41, 5.74) is 0.456. The molecule has 130 valence electrons. The van der Waals surface area contributed by atoms with Gasteiger partial charge >= 0.3 is 0 Å². The van der Waals surface area contributed by atoms with Gasteiger partial charge in [0.05, 0.1) is 0 Å². The third-order valence-corrected chi connectivity index (χ3v) is 4.77. The molecule has 1 aromatic heterocycles. The largest absolute Gasteiger partial charge is 0.356 e. The van der Waals surface area contributed by atoms with Crippen molar-refractivity contribution in [3.05, 3.63) is 24.3 Å². The van der Waals surface area contributed by atoms with Crippen LogP contribution in [0.5, 0.6) is 0 Å². The van der Waals surface area contributed by atoms with Crippen molar-refractivity contribution in [2.24, 2.45) is 17.5 Å². The Morgan fingerprint density at radius 2 is 2.13 bits per heavy atom. The summed E-state index contributed by atoms with van der Waals surface area (Å²) in [4.78, 5) is 4.62. The molecule has 1 aliphatic carbocycles. The lowest BCUT2D eigenvalue weighted by Crippen LogP contribution is -2.46. The van der Waals surface area contributed by atoms with E-state index in [1.807, 2.05) is 24.6 Å². The first-order valence-corrected chi connectivity index (χ1v) is 8.08. The summed E-state index contributed by atoms with van der Waals surface area (Å²) in [7, 11) is 1.96. The highest BCUT2D eigenvalue weighted by atomic mass is 127. The maximum absolute atomic E-state index is 4.62. The van der Waals surface area contributed by atoms with Crippen LogP contribution in [0, 0.1) is 12.3 Å². The zero-order chi connectivity index (χ0) is 16.0. The predicted octanol–water partition coefficient (Wildman–Crippen LogP) is 2.54. The van der Waals surface area contributed by atoms with Crippen LogP contribution in [-0.4, -0.2) is 33.8 Å². The molecule has 0 unspecified atom stereocenters. The Bertz CT molecular complexity index is 527. The molecule has 6 nitrogen and oxygen atoms in total. The molecule has 0 aliphatic heterocycles. The topological polar surface area (TPSA) is 67.1 Å². The van der Waals surface area contributed by atoms with Crippen LogP contribution in [0.2, 0.25) is 0 Å². The van der Waals surface area contributed by atoms with Crippen LogP contribution in [0.15, 0.2) is 17.6 Å². The summed E-state index contributed by atoms with van der Waals surface area (Å²) in [6.45, 7) is 10.2. The number of hydrogen-bond donors (Lipinski definition) is 2. The number of nitrogens with one attached hydrogen (secondary N) is 2. The molecule has 7 heteroatoms. The maximum Gasteiger partial charge on any atom is 0.191 e. The highest BCUT2D eigenvalue weighted by molar-refractivity contribution is 14.0. The lowest BCUT2D eigenvalue weighted by Gasteiger charge is -2.41. The minimum atomic E-state index is 0. The molecule has 0 bridgehead atoms. The second-order valence-corrected chi connectivity index (χ2v) is 6.12. The minimum absolute atomic E-state index is 0. The average molecular weight is 432 g/mol. The standard InChI is InChI=1S/C16H28N6.HI/c1-5-10-17-15(19-12-16(6-2)8-7-9-16)18-11-14-21-20-13(3)22(14)4;/h5H,1,6-12H2,2-4H3,(H2,17,18,19);1H. The van der Waals surface area contributed by atoms with E-state index in [4.69, 9.17) is 0 Å². The normalized spacial score (nSPS) is 16.2. The van der Waals surface area contributed by atoms with Gasteiger partial charge < -0.3 is 15.2 Å². The molecule has 1 aliphatic rings. The number of guanidine groups is 1. The molecular formula is C16H29IN6. The number of aliphatic imine (C=N–C) groups is 1. The zero-order valence-electron chi connectivity index (χ0n) is 14.4. The van der Waals surface area contributed by atoms with E-state index in [2.05, 4.69) is 39.3 Å². The summed E-state index contributed by atoms with van der Waals surface area (Å²) in [6, 6.07) is 0. The van der Waals surface area contributed by atoms with Crippen molar-refractivity contribution >= 4 is 29.9 Å². The van der Waals surface area contributed by atoms with Gasteiger partial charge in [-0.3, -0.25) is 0 Å². The molecule has 0 atom stereocenters. The van der Waals surface area contributed by atoms with Gasteiger partial charge in [-0.1, -0.05) is 19.4 Å². The summed E-state index contributed by atoms with van der Waals surface area (Å²) < 4.78 is 1.97. The maximum atomic E-state index is 4.62. The molecule has 1 aromatic rings. The third kappa shape index (κ3) is 5.19. The highest BCUT2D eigenvalue weighted by Gasteiger charge is 2.34. The van der Waals surface area contributed by atoms with Gasteiger partial charge in [-0.15, -0.1) is 40.8 Å². The number of hydrogen-bond acceptors (Lipinski definition) is 3. The predicted molar refractivity (Wildman–Crippen MR) is 105 cm³/mol. The molecule has 1 fully saturated rings. The van der Waals surface area contributed by atoms with Crippen molar-refractivity contribution in [1.29, 1.82) is 0 Å². The SMILES string of the molecule is C=CCNC(=NCc1nnc(C)n1C)NCC1(CC)CCC1.I. The van der Waals surface area contributed by atoms with Gasteiger partial charge in [0, 0.05) is 20.1 Å². The second kappa shape index (κ2) is 9.24. The van der Waals surface area contributed by atoms with E-state index in [9.17, 15) is 0 Å². The molecule has 0 radical (unpaired) electrons. The number of aryl methyl sites for hydroxylation is 1. The molecule has 0 spiro atoms. The first kappa shape index (κ1) is 19.9. The minimum Gasteiger partial charge on any atom is -0.356 e. The van der Waals surface area contributed by atoms with Crippen LogP contribution in [0.4, 0.5) is 0 Å². The molecule has 23 heavy (non-hydrogen) atoms. The van der Waals surface area contributed by atoms with Gasteiger partial charge in [-0.05, 0) is 31.6 Å². The van der Waals surface area contributed by atoms with Crippen molar-refractivity contribution in [2.45, 2.75) is 46.1 Å². The van der Waals surface area contributed by atoms with E-state index in [0.717, 1.165) is 24.2 Å². The smallest absolute Gasteiger partial charge is 0.191 e. The van der Waals surface area contributed by atoms with Crippen LogP contribution >= 0.6 is 24.0 Å². The number of rotatable bonds is 7. The highest BCUT2D eigenvalue weighted by Crippen LogP contribution is 2.42. The molecule has 0 amide bonds. The van der Waals surface area contributed by atoms with E-state index in [1.165, 1.54) is 25.7 Å². The van der Waals surface area contributed by atoms with E-state index in [0.29, 0.717) is 18.5 Å². The second-order valence-electron chi connectivity index (χ2n) is 6.12. The van der Waals surface area contributed by atoms with Crippen LogP contribution in [0.3, 0.4) is 0 Å². The molecular weight excluding hydrogens is 403 g/mol. The van der Waals surface area contributed by atoms with Crippen molar-refractivity contribution in [3.8, 4) is 0 Å². The lowest BCUT2D eigenvalue weighted by molar-refractivity contribution is 0.131. The Morgan fingerprint density at radius 3 is 2.61 bits per heavy atom. The van der Waals surface area contributed by atoms with Crippen LogP contribution in [0.1, 0.15) is 44.3 Å². The van der Waals surface area contributed by atoms with Crippen LogP contribution < -0.4 is 10.6 Å². The monoisotopic (exact) mass is 432 g/mol. The molecule has 0 saturated heterocycles. The van der Waals surface area contributed by atoms with Crippen molar-refractivity contribution < 1.29 is 0 Å². The number of aromatic nitrogens is 3. The van der Waals surface area contributed by atoms with E-state index in [-0.39, 0.29) is 24.0 Å². The Morgan fingerprint density at radius 1 is 1.39 bits per heavy atom. The zero-order valence-corrected chi connectivity index (χ0v) is 16.8. The average Bonchev–Trinajstić information content (AvgIpc) is 2.80. The van der Waals surface area contributed by atoms with E-state index in [1.54, 1.807) is 0 Å². The van der Waals surface area contributed by atoms with Crippen molar-refractivity contribution in [2.75, 3.05) is 13.1 Å². The van der Waals surface area contributed by atoms with Crippen LogP contribution in [0.25, 0.3) is 0 Å². The lowest BCUT2D eigenvalue weighted by atomic mass is 9.67. The Kier molecular flexibility index (Phi) is 8.01. The van der Waals surface area contributed by atoms with Crippen molar-refractivity contribution in [1.82, 2.24) is 25.4 Å². The molecule has 1 saturated carbocycles. The first-order chi connectivity index (χ1) is 10.6. The van der Waals surface area contributed by atoms with E-state index < -0.39 is 0 Å². The third-order valence-electron chi connectivity index (χ3n) is 4.77. The van der Waals surface area contributed by atoms with Gasteiger partial charge in [-0.25, -0.2) is 4.99 Å². The quantitative estimate of drug-likeness (QED) is 0.301. The van der Waals surface area contributed by atoms with Crippen LogP contribution in [-0.2, 0) is 13.6 Å². The summed E-state index contributed by atoms with van der Waals surface area (Å²) in [5.74, 6) is 2.59. The van der Waals surface area contributed by atoms with Crippen molar-refractivity contribution in [3.63, 3.8) is 0 Å². The summed E-state index contributed by atoms with van der Waals surface area (Å²) in [5, 5.41) is 15.0.